The van der Waals surface area contributed by atoms with Crippen LogP contribution in [-0.2, 0) is 13.8 Å². The smallest absolute Gasteiger partial charge is 0.407 e. The van der Waals surface area contributed by atoms with Gasteiger partial charge in [-0.1, -0.05) is 78.9 Å². The summed E-state index contributed by atoms with van der Waals surface area (Å²) in [4.78, 5) is 12.6. The number of amides is 1. The molecule has 1 aliphatic rings. The summed E-state index contributed by atoms with van der Waals surface area (Å²) >= 11 is 0. The van der Waals surface area contributed by atoms with Crippen molar-refractivity contribution in [3.8, 4) is 11.1 Å². The number of hydrogen-bond donors (Lipinski definition) is 2. The van der Waals surface area contributed by atoms with Crippen molar-refractivity contribution in [3.05, 3.63) is 95.6 Å². The van der Waals surface area contributed by atoms with E-state index in [1.165, 1.54) is 18.2 Å². The summed E-state index contributed by atoms with van der Waals surface area (Å²) in [5.41, 5.74) is 5.58. The number of fused-ring (bicyclic) bond motifs is 3. The Labute approximate surface area is 194 Å². The van der Waals surface area contributed by atoms with Crippen LogP contribution in [0.4, 0.5) is 4.79 Å². The predicted octanol–water partition coefficient (Wildman–Crippen LogP) is 6.06. The van der Waals surface area contributed by atoms with Gasteiger partial charge in [0.25, 0.3) is 7.52 Å². The Balaban J connectivity index is 1.40. The van der Waals surface area contributed by atoms with Crippen LogP contribution in [-0.4, -0.2) is 25.6 Å². The fourth-order valence-electron chi connectivity index (χ4n) is 4.30. The molecule has 0 saturated heterocycles. The molecular weight excluding hydrogens is 435 g/mol. The van der Waals surface area contributed by atoms with E-state index in [2.05, 4.69) is 34.7 Å². The highest BCUT2D eigenvalue weighted by Gasteiger charge is 2.34. The van der Waals surface area contributed by atoms with Crippen LogP contribution in [0, 0.1) is 0 Å². The molecule has 2 N–H and O–H groups in total. The van der Waals surface area contributed by atoms with Gasteiger partial charge < -0.3 is 14.6 Å². The molecule has 3 aromatic carbocycles. The molecule has 3 aromatic rings. The Hall–Kier alpha value is -2.92. The molecule has 0 bridgehead atoms. The highest BCUT2D eigenvalue weighted by molar-refractivity contribution is 7.57. The lowest BCUT2D eigenvalue weighted by molar-refractivity contribution is 0.141. The predicted molar refractivity (Wildman–Crippen MR) is 130 cm³/mol. The number of ether oxygens (including phenoxy) is 1. The molecular formula is C26H29N2O4P. The summed E-state index contributed by atoms with van der Waals surface area (Å²) in [7, 11) is -2.01. The second kappa shape index (κ2) is 9.92. The molecule has 1 aliphatic carbocycles. The second-order valence-corrected chi connectivity index (χ2v) is 10.8. The molecule has 6 nitrogen and oxygen atoms in total. The van der Waals surface area contributed by atoms with E-state index in [0.29, 0.717) is 0 Å². The minimum Gasteiger partial charge on any atom is -0.449 e. The Bertz CT molecular complexity index is 1120. The SMILES string of the molecule is COP(=O)(N[C@H](C)c1ccccc1)[C@H](C)NC(=O)OCC1c2ccccc2-c2ccccc21. The first-order valence-corrected chi connectivity index (χ1v) is 12.7. The zero-order valence-electron chi connectivity index (χ0n) is 19.0. The number of rotatable bonds is 8. The third kappa shape index (κ3) is 4.88. The Kier molecular flexibility index (Phi) is 6.99. The highest BCUT2D eigenvalue weighted by atomic mass is 31.2. The summed E-state index contributed by atoms with van der Waals surface area (Å²) < 4.78 is 24.3. The molecule has 1 amide bonds. The lowest BCUT2D eigenvalue weighted by atomic mass is 9.98. The zero-order chi connectivity index (χ0) is 23.4. The molecule has 1 unspecified atom stereocenters. The van der Waals surface area contributed by atoms with Crippen molar-refractivity contribution < 1.29 is 18.6 Å². The lowest BCUT2D eigenvalue weighted by Crippen LogP contribution is -2.37. The maximum Gasteiger partial charge on any atom is 0.407 e. The van der Waals surface area contributed by atoms with E-state index in [1.54, 1.807) is 6.92 Å². The van der Waals surface area contributed by atoms with Crippen molar-refractivity contribution in [2.24, 2.45) is 0 Å². The number of carbonyl (C=O) groups is 1. The largest absolute Gasteiger partial charge is 0.449 e. The fourth-order valence-corrected chi connectivity index (χ4v) is 5.91. The first-order chi connectivity index (χ1) is 15.9. The van der Waals surface area contributed by atoms with E-state index in [-0.39, 0.29) is 18.6 Å². The number of nitrogens with one attached hydrogen (secondary N) is 2. The van der Waals surface area contributed by atoms with Crippen molar-refractivity contribution in [1.29, 1.82) is 0 Å². The van der Waals surface area contributed by atoms with E-state index >= 15 is 0 Å². The quantitative estimate of drug-likeness (QED) is 0.396. The van der Waals surface area contributed by atoms with Gasteiger partial charge >= 0.3 is 6.09 Å². The highest BCUT2D eigenvalue weighted by Crippen LogP contribution is 2.48. The van der Waals surface area contributed by atoms with Crippen molar-refractivity contribution in [3.63, 3.8) is 0 Å². The summed E-state index contributed by atoms with van der Waals surface area (Å²) in [6.07, 6.45) is -0.629. The van der Waals surface area contributed by atoms with Gasteiger partial charge in [0, 0.05) is 19.1 Å². The van der Waals surface area contributed by atoms with Gasteiger partial charge in [-0.3, -0.25) is 4.57 Å². The van der Waals surface area contributed by atoms with Crippen molar-refractivity contribution >= 4 is 13.6 Å². The average Bonchev–Trinajstić information content (AvgIpc) is 3.17. The van der Waals surface area contributed by atoms with Crippen LogP contribution >= 0.6 is 7.52 Å². The topological polar surface area (TPSA) is 76.7 Å². The fraction of sp³-hybridized carbons (Fsp3) is 0.269. The van der Waals surface area contributed by atoms with Crippen LogP contribution in [0.2, 0.25) is 0 Å². The molecule has 172 valence electrons. The van der Waals surface area contributed by atoms with Crippen molar-refractivity contribution in [2.45, 2.75) is 31.6 Å². The summed E-state index contributed by atoms with van der Waals surface area (Å²) in [5.74, 6) is -0.812. The van der Waals surface area contributed by atoms with E-state index in [9.17, 15) is 9.36 Å². The summed E-state index contributed by atoms with van der Waals surface area (Å²) in [6.45, 7) is 3.75. The normalized spacial score (nSPS) is 16.2. The van der Waals surface area contributed by atoms with Gasteiger partial charge in [0.1, 0.15) is 12.4 Å². The average molecular weight is 465 g/mol. The van der Waals surface area contributed by atoms with Gasteiger partial charge in [-0.15, -0.1) is 0 Å². The Morgan fingerprint density at radius 3 is 2.03 bits per heavy atom. The summed E-state index contributed by atoms with van der Waals surface area (Å²) in [5, 5.41) is 5.74. The van der Waals surface area contributed by atoms with E-state index in [4.69, 9.17) is 9.26 Å². The third-order valence-electron chi connectivity index (χ3n) is 6.12. The molecule has 0 fully saturated rings. The minimum absolute atomic E-state index is 0.0380. The zero-order valence-corrected chi connectivity index (χ0v) is 19.9. The number of alkyl carbamates (subject to hydrolysis) is 1. The minimum atomic E-state index is -3.38. The number of hydrogen-bond acceptors (Lipinski definition) is 4. The first-order valence-electron chi connectivity index (χ1n) is 11.0. The van der Waals surface area contributed by atoms with Crippen LogP contribution in [0.5, 0.6) is 0 Å². The van der Waals surface area contributed by atoms with E-state index in [0.717, 1.165) is 16.7 Å². The molecule has 7 heteroatoms. The van der Waals surface area contributed by atoms with Gasteiger partial charge in [0.2, 0.25) is 0 Å². The van der Waals surface area contributed by atoms with Gasteiger partial charge in [0.15, 0.2) is 0 Å². The summed E-state index contributed by atoms with van der Waals surface area (Å²) in [6, 6.07) is 25.8. The third-order valence-corrected chi connectivity index (χ3v) is 8.56. The van der Waals surface area contributed by atoms with Gasteiger partial charge in [-0.05, 0) is 41.7 Å². The number of carbonyl (C=O) groups excluding carboxylic acids is 1. The standard InChI is InChI=1S/C26H29N2O4P/c1-18(20-11-5-4-6-12-20)28-33(30,31-3)19(2)27-26(29)32-17-25-23-15-9-7-13-21(23)22-14-8-10-16-24(22)25/h4-16,18-19,25H,17H2,1-3H3,(H,27,29)(H,28,30)/t18-,19-,33?/m1/s1. The van der Waals surface area contributed by atoms with Crippen molar-refractivity contribution in [2.75, 3.05) is 13.7 Å². The van der Waals surface area contributed by atoms with Gasteiger partial charge in [-0.2, -0.15) is 0 Å². The van der Waals surface area contributed by atoms with Crippen molar-refractivity contribution in [1.82, 2.24) is 10.4 Å². The van der Waals surface area contributed by atoms with Crippen LogP contribution < -0.4 is 10.4 Å². The molecule has 33 heavy (non-hydrogen) atoms. The maximum absolute atomic E-state index is 13.4. The van der Waals surface area contributed by atoms with Gasteiger partial charge in [-0.25, -0.2) is 9.88 Å². The maximum atomic E-state index is 13.4. The lowest BCUT2D eigenvalue weighted by Gasteiger charge is -2.27. The Morgan fingerprint density at radius 2 is 1.45 bits per heavy atom. The van der Waals surface area contributed by atoms with Crippen LogP contribution in [0.25, 0.3) is 11.1 Å². The molecule has 0 aliphatic heterocycles. The van der Waals surface area contributed by atoms with Crippen LogP contribution in [0.3, 0.4) is 0 Å². The van der Waals surface area contributed by atoms with Gasteiger partial charge in [0.05, 0.1) is 0 Å². The van der Waals surface area contributed by atoms with E-state index in [1.807, 2.05) is 61.5 Å². The van der Waals surface area contributed by atoms with Crippen LogP contribution in [0.1, 0.15) is 42.5 Å². The number of benzene rings is 3. The second-order valence-electron chi connectivity index (χ2n) is 8.19. The van der Waals surface area contributed by atoms with E-state index < -0.39 is 19.4 Å². The molecule has 0 saturated carbocycles. The molecule has 0 aromatic heterocycles. The molecule has 0 spiro atoms. The van der Waals surface area contributed by atoms with Crippen LogP contribution in [0.15, 0.2) is 78.9 Å². The Morgan fingerprint density at radius 1 is 0.909 bits per heavy atom. The molecule has 3 atom stereocenters. The molecule has 0 heterocycles. The first kappa shape index (κ1) is 23.2. The molecule has 4 rings (SSSR count). The molecule has 0 radical (unpaired) electrons. The monoisotopic (exact) mass is 464 g/mol.